The standard InChI is InChI=1S/C23H32O4/c1-3-26-8-9-27-21(25)19-13-23(7-6-18(19)12-23)14-22(2,15-24)20-11-16-4-5-17(20)10-16/h4-7,15-20H,3,8-14H2,1-2H3. The Morgan fingerprint density at radius 1 is 1.19 bits per heavy atom. The summed E-state index contributed by atoms with van der Waals surface area (Å²) in [5.41, 5.74) is -0.327. The first kappa shape index (κ1) is 18.9. The van der Waals surface area contributed by atoms with E-state index in [0.717, 1.165) is 25.7 Å². The number of esters is 1. The highest BCUT2D eigenvalue weighted by atomic mass is 16.6. The van der Waals surface area contributed by atoms with Crippen LogP contribution in [-0.4, -0.2) is 32.1 Å². The number of hydrogen-bond donors (Lipinski definition) is 0. The van der Waals surface area contributed by atoms with Crippen molar-refractivity contribution >= 4 is 12.3 Å². The summed E-state index contributed by atoms with van der Waals surface area (Å²) in [5.74, 6) is 1.78. The maximum Gasteiger partial charge on any atom is 0.309 e. The van der Waals surface area contributed by atoms with E-state index in [0.29, 0.717) is 37.6 Å². The Labute approximate surface area is 162 Å². The van der Waals surface area contributed by atoms with Crippen molar-refractivity contribution < 1.29 is 19.1 Å². The molecule has 4 nitrogen and oxygen atoms in total. The average Bonchev–Trinajstić information content (AvgIpc) is 3.44. The van der Waals surface area contributed by atoms with Gasteiger partial charge < -0.3 is 14.3 Å². The Morgan fingerprint density at radius 3 is 2.70 bits per heavy atom. The second kappa shape index (κ2) is 7.20. The van der Waals surface area contributed by atoms with E-state index in [4.69, 9.17) is 9.47 Å². The summed E-state index contributed by atoms with van der Waals surface area (Å²) in [5, 5.41) is 0. The summed E-state index contributed by atoms with van der Waals surface area (Å²) in [6.07, 6.45) is 15.4. The van der Waals surface area contributed by atoms with Crippen molar-refractivity contribution in [2.75, 3.05) is 19.8 Å². The number of ether oxygens (including phenoxy) is 2. The molecule has 0 aromatic rings. The number of carbonyl (C=O) groups excluding carboxylic acids is 2. The zero-order valence-corrected chi connectivity index (χ0v) is 16.6. The van der Waals surface area contributed by atoms with Gasteiger partial charge in [0.25, 0.3) is 0 Å². The molecular formula is C23H32O4. The second-order valence-corrected chi connectivity index (χ2v) is 9.45. The third-order valence-corrected chi connectivity index (χ3v) is 7.59. The number of hydrogen-bond acceptors (Lipinski definition) is 4. The first-order valence-corrected chi connectivity index (χ1v) is 10.6. The van der Waals surface area contributed by atoms with Gasteiger partial charge in [-0.05, 0) is 68.1 Å². The summed E-state index contributed by atoms with van der Waals surface area (Å²) in [6.45, 7) is 5.51. The molecule has 4 aliphatic carbocycles. The predicted molar refractivity (Wildman–Crippen MR) is 103 cm³/mol. The zero-order valence-electron chi connectivity index (χ0n) is 16.6. The Hall–Kier alpha value is -1.42. The van der Waals surface area contributed by atoms with Gasteiger partial charge in [-0.15, -0.1) is 0 Å². The summed E-state index contributed by atoms with van der Waals surface area (Å²) < 4.78 is 10.7. The van der Waals surface area contributed by atoms with E-state index in [-0.39, 0.29) is 28.6 Å². The number of aldehydes is 1. The lowest BCUT2D eigenvalue weighted by molar-refractivity contribution is -0.151. The minimum atomic E-state index is -0.308. The molecule has 2 saturated carbocycles. The molecule has 0 aliphatic heterocycles. The molecule has 4 aliphatic rings. The van der Waals surface area contributed by atoms with E-state index < -0.39 is 0 Å². The van der Waals surface area contributed by atoms with E-state index in [1.165, 1.54) is 12.7 Å². The van der Waals surface area contributed by atoms with E-state index >= 15 is 0 Å². The smallest absolute Gasteiger partial charge is 0.309 e. The molecule has 148 valence electrons. The van der Waals surface area contributed by atoms with Crippen LogP contribution in [0.3, 0.4) is 0 Å². The lowest BCUT2D eigenvalue weighted by Gasteiger charge is -2.40. The van der Waals surface area contributed by atoms with Crippen LogP contribution in [0, 0.1) is 40.4 Å². The highest BCUT2D eigenvalue weighted by Gasteiger charge is 2.55. The first-order valence-electron chi connectivity index (χ1n) is 10.6. The van der Waals surface area contributed by atoms with E-state index in [9.17, 15) is 9.59 Å². The Morgan fingerprint density at radius 2 is 2.04 bits per heavy atom. The van der Waals surface area contributed by atoms with Crippen molar-refractivity contribution in [3.8, 4) is 0 Å². The highest BCUT2D eigenvalue weighted by Crippen LogP contribution is 2.61. The second-order valence-electron chi connectivity index (χ2n) is 9.45. The fourth-order valence-electron chi connectivity index (χ4n) is 6.42. The van der Waals surface area contributed by atoms with Gasteiger partial charge in [-0.1, -0.05) is 31.2 Å². The molecule has 0 heterocycles. The minimum Gasteiger partial charge on any atom is -0.463 e. The fourth-order valence-corrected chi connectivity index (χ4v) is 6.42. The first-order chi connectivity index (χ1) is 13.0. The Balaban J connectivity index is 1.40. The van der Waals surface area contributed by atoms with Crippen LogP contribution in [0.1, 0.15) is 46.0 Å². The van der Waals surface area contributed by atoms with Crippen LogP contribution in [0.15, 0.2) is 24.3 Å². The van der Waals surface area contributed by atoms with Gasteiger partial charge in [0, 0.05) is 12.0 Å². The number of allylic oxidation sites excluding steroid dienone is 4. The Bertz CT molecular complexity index is 653. The van der Waals surface area contributed by atoms with E-state index in [1.54, 1.807) is 0 Å². The number of carbonyl (C=O) groups is 2. The van der Waals surface area contributed by atoms with Gasteiger partial charge in [-0.2, -0.15) is 0 Å². The quantitative estimate of drug-likeness (QED) is 0.266. The van der Waals surface area contributed by atoms with Crippen molar-refractivity contribution in [3.63, 3.8) is 0 Å². The third kappa shape index (κ3) is 3.41. The fraction of sp³-hybridized carbons (Fsp3) is 0.739. The highest BCUT2D eigenvalue weighted by molar-refractivity contribution is 5.74. The normalized spacial score (nSPS) is 40.4. The Kier molecular flexibility index (Phi) is 5.04. The molecule has 0 aromatic heterocycles. The van der Waals surface area contributed by atoms with Gasteiger partial charge in [0.05, 0.1) is 12.5 Å². The van der Waals surface area contributed by atoms with Crippen LogP contribution >= 0.6 is 0 Å². The molecule has 0 amide bonds. The van der Waals surface area contributed by atoms with Gasteiger partial charge in [0.2, 0.25) is 0 Å². The topological polar surface area (TPSA) is 52.6 Å². The molecule has 4 bridgehead atoms. The molecule has 0 N–H and O–H groups in total. The molecule has 0 aromatic carbocycles. The van der Waals surface area contributed by atoms with Crippen molar-refractivity contribution in [3.05, 3.63) is 24.3 Å². The van der Waals surface area contributed by atoms with Crippen molar-refractivity contribution in [1.29, 1.82) is 0 Å². The lowest BCUT2D eigenvalue weighted by atomic mass is 9.63. The molecule has 2 fully saturated rings. The van der Waals surface area contributed by atoms with Crippen molar-refractivity contribution in [2.45, 2.75) is 46.0 Å². The van der Waals surface area contributed by atoms with E-state index in [2.05, 4.69) is 31.2 Å². The summed E-state index contributed by atoms with van der Waals surface area (Å²) in [4.78, 5) is 24.8. The van der Waals surface area contributed by atoms with Crippen LogP contribution in [0.5, 0.6) is 0 Å². The van der Waals surface area contributed by atoms with Crippen LogP contribution in [0.4, 0.5) is 0 Å². The zero-order chi connectivity index (χ0) is 19.1. The maximum absolute atomic E-state index is 12.5. The average molecular weight is 373 g/mol. The van der Waals surface area contributed by atoms with Crippen LogP contribution in [0.2, 0.25) is 0 Å². The summed E-state index contributed by atoms with van der Waals surface area (Å²) in [7, 11) is 0. The van der Waals surface area contributed by atoms with Crippen LogP contribution in [-0.2, 0) is 19.1 Å². The number of fused-ring (bicyclic) bond motifs is 4. The van der Waals surface area contributed by atoms with Crippen molar-refractivity contribution in [2.24, 2.45) is 40.4 Å². The van der Waals surface area contributed by atoms with Crippen molar-refractivity contribution in [1.82, 2.24) is 0 Å². The molecule has 27 heavy (non-hydrogen) atoms. The van der Waals surface area contributed by atoms with Crippen LogP contribution in [0.25, 0.3) is 0 Å². The maximum atomic E-state index is 12.5. The molecule has 0 saturated heterocycles. The predicted octanol–water partition coefficient (Wildman–Crippen LogP) is 3.96. The lowest BCUT2D eigenvalue weighted by Crippen LogP contribution is -2.37. The van der Waals surface area contributed by atoms with E-state index in [1.807, 2.05) is 6.92 Å². The van der Waals surface area contributed by atoms with Gasteiger partial charge >= 0.3 is 5.97 Å². The number of rotatable bonds is 9. The molecular weight excluding hydrogens is 340 g/mol. The molecule has 0 radical (unpaired) electrons. The molecule has 7 atom stereocenters. The summed E-state index contributed by atoms with van der Waals surface area (Å²) in [6, 6.07) is 0. The molecule has 0 spiro atoms. The SMILES string of the molecule is CCOCCOC(=O)C1CC2(CC(C)(C=O)C3CC4C=CC3C4)C=CC1C2. The van der Waals surface area contributed by atoms with Gasteiger partial charge in [0.1, 0.15) is 12.9 Å². The van der Waals surface area contributed by atoms with Gasteiger partial charge in [0.15, 0.2) is 0 Å². The molecule has 7 unspecified atom stereocenters. The molecule has 4 heteroatoms. The van der Waals surface area contributed by atoms with Gasteiger partial charge in [-0.25, -0.2) is 0 Å². The van der Waals surface area contributed by atoms with Gasteiger partial charge in [-0.3, -0.25) is 4.79 Å². The molecule has 4 rings (SSSR count). The van der Waals surface area contributed by atoms with Crippen LogP contribution < -0.4 is 0 Å². The minimum absolute atomic E-state index is 0.0184. The third-order valence-electron chi connectivity index (χ3n) is 7.59. The monoisotopic (exact) mass is 372 g/mol. The largest absolute Gasteiger partial charge is 0.463 e. The summed E-state index contributed by atoms with van der Waals surface area (Å²) >= 11 is 0.